The average molecular weight is 169 g/mol. The van der Waals surface area contributed by atoms with Gasteiger partial charge in [-0.15, -0.1) is 0 Å². The predicted octanol–water partition coefficient (Wildman–Crippen LogP) is 0.552. The van der Waals surface area contributed by atoms with Gasteiger partial charge in [-0.3, -0.25) is 4.79 Å². The molecule has 0 aromatic carbocycles. The van der Waals surface area contributed by atoms with Crippen molar-refractivity contribution in [2.24, 2.45) is 0 Å². The third kappa shape index (κ3) is 1.61. The number of carbonyl (C=O) groups is 1. The van der Waals surface area contributed by atoms with Crippen molar-refractivity contribution in [3.8, 4) is 0 Å². The highest BCUT2D eigenvalue weighted by atomic mass is 16.5. The van der Waals surface area contributed by atoms with Gasteiger partial charge in [0.2, 0.25) is 0 Å². The van der Waals surface area contributed by atoms with Crippen LogP contribution in [0.2, 0.25) is 0 Å². The van der Waals surface area contributed by atoms with Crippen molar-refractivity contribution in [3.63, 3.8) is 0 Å². The van der Waals surface area contributed by atoms with E-state index in [1.54, 1.807) is 4.90 Å². The van der Waals surface area contributed by atoms with Crippen LogP contribution in [0.3, 0.4) is 0 Å². The Balaban J connectivity index is 2.70. The van der Waals surface area contributed by atoms with Gasteiger partial charge in [-0.2, -0.15) is 4.98 Å². The smallest absolute Gasteiger partial charge is 0.315 e. The number of amides is 1. The molecular formula is C7H11N3O2. The number of carbonyl (C=O) groups excluding carboxylic acids is 1. The molecule has 0 radical (unpaired) electrons. The quantitative estimate of drug-likeness (QED) is 0.663. The summed E-state index contributed by atoms with van der Waals surface area (Å²) in [6.45, 7) is 5.10. The van der Waals surface area contributed by atoms with E-state index in [2.05, 4.69) is 14.7 Å². The van der Waals surface area contributed by atoms with Crippen LogP contribution < -0.4 is 0 Å². The third-order valence-corrected chi connectivity index (χ3v) is 1.59. The van der Waals surface area contributed by atoms with E-state index >= 15 is 0 Å². The Morgan fingerprint density at radius 1 is 1.58 bits per heavy atom. The standard InChI is InChI=1S/C7H11N3O2/c1-3-10(4-2)7(11)6-8-5-9-12-6/h5H,3-4H2,1-2H3. The van der Waals surface area contributed by atoms with E-state index in [1.165, 1.54) is 6.33 Å². The number of aromatic nitrogens is 2. The highest BCUT2D eigenvalue weighted by molar-refractivity contribution is 5.89. The van der Waals surface area contributed by atoms with Crippen LogP contribution in [0.15, 0.2) is 10.9 Å². The maximum atomic E-state index is 11.4. The molecule has 1 heterocycles. The molecule has 0 unspecified atom stereocenters. The van der Waals surface area contributed by atoms with Gasteiger partial charge in [0.25, 0.3) is 0 Å². The fourth-order valence-electron chi connectivity index (χ4n) is 0.913. The van der Waals surface area contributed by atoms with Gasteiger partial charge in [0.15, 0.2) is 6.33 Å². The van der Waals surface area contributed by atoms with Crippen molar-refractivity contribution >= 4 is 5.91 Å². The van der Waals surface area contributed by atoms with Gasteiger partial charge < -0.3 is 9.42 Å². The molecule has 0 bridgehead atoms. The minimum atomic E-state index is -0.211. The van der Waals surface area contributed by atoms with E-state index in [4.69, 9.17) is 0 Å². The topological polar surface area (TPSA) is 59.2 Å². The zero-order chi connectivity index (χ0) is 8.97. The maximum absolute atomic E-state index is 11.4. The van der Waals surface area contributed by atoms with Crippen molar-refractivity contribution in [3.05, 3.63) is 12.2 Å². The lowest BCUT2D eigenvalue weighted by Crippen LogP contribution is -2.30. The highest BCUT2D eigenvalue weighted by Crippen LogP contribution is 1.98. The molecule has 0 spiro atoms. The fraction of sp³-hybridized carbons (Fsp3) is 0.571. The molecular weight excluding hydrogens is 158 g/mol. The van der Waals surface area contributed by atoms with Crippen molar-refractivity contribution < 1.29 is 9.32 Å². The monoisotopic (exact) mass is 169 g/mol. The van der Waals surface area contributed by atoms with Crippen molar-refractivity contribution in [1.82, 2.24) is 15.0 Å². The molecule has 5 heteroatoms. The Bertz CT molecular complexity index is 241. The van der Waals surface area contributed by atoms with Crippen LogP contribution in [0.25, 0.3) is 0 Å². The first kappa shape index (κ1) is 8.70. The van der Waals surface area contributed by atoms with Gasteiger partial charge in [0, 0.05) is 13.1 Å². The Labute approximate surface area is 70.4 Å². The molecule has 0 aliphatic heterocycles. The predicted molar refractivity (Wildman–Crippen MR) is 41.5 cm³/mol. The molecule has 12 heavy (non-hydrogen) atoms. The lowest BCUT2D eigenvalue weighted by Gasteiger charge is -2.15. The van der Waals surface area contributed by atoms with E-state index in [1.807, 2.05) is 13.8 Å². The van der Waals surface area contributed by atoms with Gasteiger partial charge in [-0.05, 0) is 13.8 Å². The summed E-state index contributed by atoms with van der Waals surface area (Å²) in [7, 11) is 0. The second-order valence-electron chi connectivity index (χ2n) is 2.22. The Kier molecular flexibility index (Phi) is 2.79. The number of rotatable bonds is 3. The third-order valence-electron chi connectivity index (χ3n) is 1.59. The van der Waals surface area contributed by atoms with Crippen LogP contribution in [-0.2, 0) is 0 Å². The molecule has 66 valence electrons. The zero-order valence-electron chi connectivity index (χ0n) is 7.15. The van der Waals surface area contributed by atoms with Crippen LogP contribution >= 0.6 is 0 Å². The molecule has 1 amide bonds. The molecule has 0 aliphatic rings. The molecule has 0 N–H and O–H groups in total. The van der Waals surface area contributed by atoms with Gasteiger partial charge >= 0.3 is 11.8 Å². The minimum Gasteiger partial charge on any atom is -0.335 e. The Morgan fingerprint density at radius 2 is 2.25 bits per heavy atom. The van der Waals surface area contributed by atoms with E-state index in [0.717, 1.165) is 0 Å². The van der Waals surface area contributed by atoms with E-state index in [9.17, 15) is 4.79 Å². The number of nitrogens with zero attached hydrogens (tertiary/aromatic N) is 3. The minimum absolute atomic E-state index is 0.0544. The summed E-state index contributed by atoms with van der Waals surface area (Å²) in [5, 5.41) is 3.36. The van der Waals surface area contributed by atoms with Gasteiger partial charge in [-0.25, -0.2) is 0 Å². The first-order valence-electron chi connectivity index (χ1n) is 3.85. The van der Waals surface area contributed by atoms with E-state index in [-0.39, 0.29) is 11.8 Å². The van der Waals surface area contributed by atoms with Crippen molar-refractivity contribution in [2.75, 3.05) is 13.1 Å². The SMILES string of the molecule is CCN(CC)C(=O)c1ncno1. The maximum Gasteiger partial charge on any atom is 0.315 e. The molecule has 1 rings (SSSR count). The summed E-state index contributed by atoms with van der Waals surface area (Å²) in [5.74, 6) is -0.156. The summed E-state index contributed by atoms with van der Waals surface area (Å²) < 4.78 is 4.63. The molecule has 0 saturated carbocycles. The fourth-order valence-corrected chi connectivity index (χ4v) is 0.913. The molecule has 0 aliphatic carbocycles. The Morgan fingerprint density at radius 3 is 2.67 bits per heavy atom. The zero-order valence-corrected chi connectivity index (χ0v) is 7.15. The molecule has 0 fully saturated rings. The molecule has 5 nitrogen and oxygen atoms in total. The number of hydrogen-bond acceptors (Lipinski definition) is 4. The summed E-state index contributed by atoms with van der Waals surface area (Å²) in [5.41, 5.74) is 0. The van der Waals surface area contributed by atoms with Crippen LogP contribution in [-0.4, -0.2) is 34.0 Å². The average Bonchev–Trinajstić information content (AvgIpc) is 2.58. The van der Waals surface area contributed by atoms with Crippen LogP contribution in [0.1, 0.15) is 24.5 Å². The van der Waals surface area contributed by atoms with Crippen LogP contribution in [0.5, 0.6) is 0 Å². The lowest BCUT2D eigenvalue weighted by atomic mass is 10.4. The highest BCUT2D eigenvalue weighted by Gasteiger charge is 2.16. The van der Waals surface area contributed by atoms with Crippen LogP contribution in [0.4, 0.5) is 0 Å². The second-order valence-corrected chi connectivity index (χ2v) is 2.22. The van der Waals surface area contributed by atoms with E-state index in [0.29, 0.717) is 13.1 Å². The van der Waals surface area contributed by atoms with Crippen molar-refractivity contribution in [2.45, 2.75) is 13.8 Å². The first-order chi connectivity index (χ1) is 5.79. The lowest BCUT2D eigenvalue weighted by molar-refractivity contribution is 0.0723. The summed E-state index contributed by atoms with van der Waals surface area (Å²) in [4.78, 5) is 16.7. The molecule has 1 aromatic rings. The van der Waals surface area contributed by atoms with E-state index < -0.39 is 0 Å². The summed E-state index contributed by atoms with van der Waals surface area (Å²) in [6, 6.07) is 0. The largest absolute Gasteiger partial charge is 0.335 e. The summed E-state index contributed by atoms with van der Waals surface area (Å²) in [6.07, 6.45) is 1.22. The molecule has 1 aromatic heterocycles. The van der Waals surface area contributed by atoms with Gasteiger partial charge in [0.05, 0.1) is 0 Å². The number of hydrogen-bond donors (Lipinski definition) is 0. The van der Waals surface area contributed by atoms with Gasteiger partial charge in [0.1, 0.15) is 0 Å². The summed E-state index contributed by atoms with van der Waals surface area (Å²) >= 11 is 0. The normalized spacial score (nSPS) is 9.83. The first-order valence-corrected chi connectivity index (χ1v) is 3.85. The van der Waals surface area contributed by atoms with Gasteiger partial charge in [-0.1, -0.05) is 5.16 Å². The van der Waals surface area contributed by atoms with Crippen LogP contribution in [0, 0.1) is 0 Å². The van der Waals surface area contributed by atoms with Crippen molar-refractivity contribution in [1.29, 1.82) is 0 Å². The Hall–Kier alpha value is -1.39. The molecule has 0 saturated heterocycles. The molecule has 0 atom stereocenters. The second kappa shape index (κ2) is 3.85.